The number of hydrogen-bond donors (Lipinski definition) is 2. The number of benzene rings is 1. The summed E-state index contributed by atoms with van der Waals surface area (Å²) < 4.78 is 1.62. The van der Waals surface area contributed by atoms with Crippen molar-refractivity contribution >= 4 is 55.2 Å². The molecule has 0 aliphatic rings. The fourth-order valence-corrected chi connectivity index (χ4v) is 4.37. The van der Waals surface area contributed by atoms with E-state index in [1.54, 1.807) is 0 Å². The zero-order valence-electron chi connectivity index (χ0n) is 13.3. The number of nitrogens with zero attached hydrogens (tertiary/aromatic N) is 1. The number of H-pyrrole nitrogens is 1. The number of carbonyl (C=O) groups is 1. The van der Waals surface area contributed by atoms with E-state index < -0.39 is 0 Å². The molecule has 1 heterocycles. The van der Waals surface area contributed by atoms with Crippen LogP contribution in [0.5, 0.6) is 0 Å². The number of aromatic nitrogens is 2. The van der Waals surface area contributed by atoms with E-state index in [1.165, 1.54) is 17.8 Å². The topological polar surface area (TPSA) is 74.8 Å². The molecule has 0 spiro atoms. The summed E-state index contributed by atoms with van der Waals surface area (Å²) in [6.45, 7) is 4.00. The van der Waals surface area contributed by atoms with Crippen LogP contribution in [0.4, 0.5) is 5.69 Å². The zero-order valence-corrected chi connectivity index (χ0v) is 17.3. The first kappa shape index (κ1) is 19.2. The van der Waals surface area contributed by atoms with Crippen molar-refractivity contribution in [3.63, 3.8) is 0 Å². The molecule has 0 radical (unpaired) electrons. The van der Waals surface area contributed by atoms with Gasteiger partial charge in [-0.3, -0.25) is 9.59 Å². The summed E-state index contributed by atoms with van der Waals surface area (Å²) in [5.41, 5.74) is 2.32. The molecule has 2 rings (SSSR count). The van der Waals surface area contributed by atoms with Gasteiger partial charge in [0.15, 0.2) is 5.16 Å². The van der Waals surface area contributed by atoms with E-state index in [2.05, 4.69) is 47.1 Å². The van der Waals surface area contributed by atoms with Crippen LogP contribution < -0.4 is 10.9 Å². The standard InChI is InChI=1S/C16H17Br2N3O2S/c1-3-4-10-7-13(22)21-16(19-10)24-8-14(23)20-15-11(17)5-9(2)6-12(15)18/h5-7H,3-4,8H2,1-2H3,(H,20,23)(H,19,21,22). The van der Waals surface area contributed by atoms with E-state index in [4.69, 9.17) is 0 Å². The minimum atomic E-state index is -0.194. The van der Waals surface area contributed by atoms with Crippen molar-refractivity contribution in [2.45, 2.75) is 31.8 Å². The van der Waals surface area contributed by atoms with Crippen LogP contribution in [0, 0.1) is 6.92 Å². The summed E-state index contributed by atoms with van der Waals surface area (Å²) in [4.78, 5) is 30.8. The molecule has 0 fully saturated rings. The number of anilines is 1. The van der Waals surface area contributed by atoms with E-state index >= 15 is 0 Å². The van der Waals surface area contributed by atoms with E-state index in [0.29, 0.717) is 10.8 Å². The van der Waals surface area contributed by atoms with Gasteiger partial charge in [0.2, 0.25) is 5.91 Å². The van der Waals surface area contributed by atoms with E-state index in [1.807, 2.05) is 26.0 Å². The molecule has 8 heteroatoms. The average Bonchev–Trinajstić information content (AvgIpc) is 2.48. The third-order valence-corrected chi connectivity index (χ3v) is 5.19. The molecule has 2 N–H and O–H groups in total. The van der Waals surface area contributed by atoms with Crippen LogP contribution in [0.15, 0.2) is 37.1 Å². The van der Waals surface area contributed by atoms with Crippen molar-refractivity contribution in [2.75, 3.05) is 11.1 Å². The Balaban J connectivity index is 2.03. The van der Waals surface area contributed by atoms with Crippen molar-refractivity contribution in [3.8, 4) is 0 Å². The smallest absolute Gasteiger partial charge is 0.251 e. The minimum Gasteiger partial charge on any atom is -0.323 e. The second-order valence-corrected chi connectivity index (χ2v) is 7.91. The summed E-state index contributed by atoms with van der Waals surface area (Å²) in [7, 11) is 0. The fraction of sp³-hybridized carbons (Fsp3) is 0.312. The Morgan fingerprint density at radius 1 is 1.29 bits per heavy atom. The van der Waals surface area contributed by atoms with Gasteiger partial charge in [0.1, 0.15) is 0 Å². The lowest BCUT2D eigenvalue weighted by Gasteiger charge is -2.10. The lowest BCUT2D eigenvalue weighted by Crippen LogP contribution is -2.16. The summed E-state index contributed by atoms with van der Waals surface area (Å²) in [6, 6.07) is 5.36. The first-order valence-electron chi connectivity index (χ1n) is 7.37. The Hall–Kier alpha value is -1.12. The van der Waals surface area contributed by atoms with Crippen LogP contribution in [0.1, 0.15) is 24.6 Å². The maximum atomic E-state index is 12.2. The number of thioether (sulfide) groups is 1. The molecule has 1 amide bonds. The Bertz CT molecular complexity index is 785. The normalized spacial score (nSPS) is 10.7. The maximum Gasteiger partial charge on any atom is 0.251 e. The molecule has 5 nitrogen and oxygen atoms in total. The molecule has 24 heavy (non-hydrogen) atoms. The van der Waals surface area contributed by atoms with Gasteiger partial charge in [0.25, 0.3) is 5.56 Å². The molecular formula is C16H17Br2N3O2S. The predicted octanol–water partition coefficient (Wildman–Crippen LogP) is 4.29. The highest BCUT2D eigenvalue weighted by Gasteiger charge is 2.11. The van der Waals surface area contributed by atoms with Crippen molar-refractivity contribution in [1.82, 2.24) is 9.97 Å². The number of hydrogen-bond acceptors (Lipinski definition) is 4. The molecule has 0 aliphatic heterocycles. The Morgan fingerprint density at radius 3 is 2.58 bits per heavy atom. The molecule has 0 saturated heterocycles. The third-order valence-electron chi connectivity index (χ3n) is 3.07. The van der Waals surface area contributed by atoms with E-state index in [-0.39, 0.29) is 17.2 Å². The Labute approximate surface area is 161 Å². The highest BCUT2D eigenvalue weighted by atomic mass is 79.9. The van der Waals surface area contributed by atoms with Gasteiger partial charge in [-0.1, -0.05) is 25.1 Å². The SMILES string of the molecule is CCCc1cc(=O)[nH]c(SCC(=O)Nc2c(Br)cc(C)cc2Br)n1. The third kappa shape index (κ3) is 5.46. The van der Waals surface area contributed by atoms with Crippen LogP contribution in [-0.2, 0) is 11.2 Å². The van der Waals surface area contributed by atoms with Gasteiger partial charge in [0.05, 0.1) is 11.4 Å². The zero-order chi connectivity index (χ0) is 17.7. The minimum absolute atomic E-state index is 0.158. The van der Waals surface area contributed by atoms with Gasteiger partial charge in [-0.15, -0.1) is 0 Å². The van der Waals surface area contributed by atoms with Gasteiger partial charge in [-0.05, 0) is 62.9 Å². The molecule has 2 aromatic rings. The number of aromatic amines is 1. The number of nitrogens with one attached hydrogen (secondary N) is 2. The van der Waals surface area contributed by atoms with Crippen molar-refractivity contribution in [1.29, 1.82) is 0 Å². The van der Waals surface area contributed by atoms with Crippen LogP contribution >= 0.6 is 43.6 Å². The molecular weight excluding hydrogens is 458 g/mol. The molecule has 0 atom stereocenters. The maximum absolute atomic E-state index is 12.2. The lowest BCUT2D eigenvalue weighted by atomic mass is 10.2. The van der Waals surface area contributed by atoms with E-state index in [9.17, 15) is 9.59 Å². The monoisotopic (exact) mass is 473 g/mol. The second-order valence-electron chi connectivity index (χ2n) is 5.23. The largest absolute Gasteiger partial charge is 0.323 e. The number of amides is 1. The summed E-state index contributed by atoms with van der Waals surface area (Å²) in [5.74, 6) is -0.0144. The number of aryl methyl sites for hydroxylation is 2. The second kappa shape index (κ2) is 8.82. The molecule has 0 saturated carbocycles. The van der Waals surface area contributed by atoms with Crippen molar-refractivity contribution in [2.24, 2.45) is 0 Å². The Morgan fingerprint density at radius 2 is 1.96 bits per heavy atom. The average molecular weight is 475 g/mol. The first-order chi connectivity index (χ1) is 11.4. The van der Waals surface area contributed by atoms with E-state index in [0.717, 1.165) is 33.0 Å². The Kier molecular flexibility index (Phi) is 7.06. The summed E-state index contributed by atoms with van der Waals surface area (Å²) in [6.07, 6.45) is 1.66. The fourth-order valence-electron chi connectivity index (χ4n) is 2.06. The molecule has 1 aromatic carbocycles. The lowest BCUT2D eigenvalue weighted by molar-refractivity contribution is -0.113. The van der Waals surface area contributed by atoms with Gasteiger partial charge < -0.3 is 10.3 Å². The van der Waals surface area contributed by atoms with Gasteiger partial charge in [-0.25, -0.2) is 4.98 Å². The first-order valence-corrected chi connectivity index (χ1v) is 9.94. The quantitative estimate of drug-likeness (QED) is 0.483. The number of carbonyl (C=O) groups excluding carboxylic acids is 1. The molecule has 0 bridgehead atoms. The van der Waals surface area contributed by atoms with Crippen molar-refractivity contribution < 1.29 is 4.79 Å². The van der Waals surface area contributed by atoms with Gasteiger partial charge in [0, 0.05) is 20.7 Å². The molecule has 0 aliphatic carbocycles. The predicted molar refractivity (Wildman–Crippen MR) is 105 cm³/mol. The van der Waals surface area contributed by atoms with Gasteiger partial charge >= 0.3 is 0 Å². The highest BCUT2D eigenvalue weighted by molar-refractivity contribution is 9.11. The van der Waals surface area contributed by atoms with Crippen LogP contribution in [0.25, 0.3) is 0 Å². The molecule has 0 unspecified atom stereocenters. The number of halogens is 2. The molecule has 128 valence electrons. The summed E-state index contributed by atoms with van der Waals surface area (Å²) in [5, 5.41) is 3.32. The number of rotatable bonds is 6. The van der Waals surface area contributed by atoms with Gasteiger partial charge in [-0.2, -0.15) is 0 Å². The summed E-state index contributed by atoms with van der Waals surface area (Å²) >= 11 is 8.10. The van der Waals surface area contributed by atoms with Crippen LogP contribution in [-0.4, -0.2) is 21.6 Å². The highest BCUT2D eigenvalue weighted by Crippen LogP contribution is 2.32. The molecule has 1 aromatic heterocycles. The van der Waals surface area contributed by atoms with Crippen molar-refractivity contribution in [3.05, 3.63) is 48.8 Å². The van der Waals surface area contributed by atoms with Crippen LogP contribution in [0.2, 0.25) is 0 Å². The van der Waals surface area contributed by atoms with Crippen LogP contribution in [0.3, 0.4) is 0 Å².